The van der Waals surface area contributed by atoms with Gasteiger partial charge in [-0.05, 0) is 36.8 Å². The van der Waals surface area contributed by atoms with Crippen molar-refractivity contribution in [2.24, 2.45) is 4.99 Å². The van der Waals surface area contributed by atoms with Crippen LogP contribution in [0.2, 0.25) is 5.02 Å². The van der Waals surface area contributed by atoms with Crippen molar-refractivity contribution in [2.75, 3.05) is 6.54 Å². The fraction of sp³-hybridized carbons (Fsp3) is 0.250. The van der Waals surface area contributed by atoms with Crippen LogP contribution in [0.15, 0.2) is 60.2 Å². The highest BCUT2D eigenvalue weighted by Crippen LogP contribution is 2.24. The molecular weight excluding hydrogens is 541 g/mol. The van der Waals surface area contributed by atoms with E-state index in [1.165, 1.54) is 12.1 Å². The molecule has 0 spiro atoms. The number of nitrogens with zero attached hydrogens (tertiary/aromatic N) is 4. The van der Waals surface area contributed by atoms with Crippen LogP contribution >= 0.6 is 35.6 Å². The first-order valence-electron chi connectivity index (χ1n) is 9.24. The fourth-order valence-corrected chi connectivity index (χ4v) is 2.84. The second kappa shape index (κ2) is 12.4. The molecule has 0 saturated carbocycles. The van der Waals surface area contributed by atoms with Gasteiger partial charge in [-0.2, -0.15) is 8.78 Å². The largest absolute Gasteiger partial charge is 0.434 e. The van der Waals surface area contributed by atoms with Crippen LogP contribution in [0.1, 0.15) is 18.1 Å². The van der Waals surface area contributed by atoms with E-state index in [0.717, 1.165) is 11.4 Å². The van der Waals surface area contributed by atoms with Crippen LogP contribution in [0.5, 0.6) is 5.75 Å². The van der Waals surface area contributed by atoms with E-state index in [1.54, 1.807) is 24.8 Å². The third-order valence-corrected chi connectivity index (χ3v) is 4.26. The number of hydrogen-bond acceptors (Lipinski definition) is 4. The average Bonchev–Trinajstić information content (AvgIpc) is 3.27. The van der Waals surface area contributed by atoms with E-state index in [1.807, 2.05) is 29.8 Å². The number of halogens is 4. The number of imidazole rings is 1. The lowest BCUT2D eigenvalue weighted by Crippen LogP contribution is -2.36. The molecule has 2 heterocycles. The minimum Gasteiger partial charge on any atom is -0.434 e. The van der Waals surface area contributed by atoms with Crippen molar-refractivity contribution in [2.45, 2.75) is 26.6 Å². The Morgan fingerprint density at radius 3 is 2.74 bits per heavy atom. The summed E-state index contributed by atoms with van der Waals surface area (Å²) in [4.78, 5) is 12.9. The zero-order valence-corrected chi connectivity index (χ0v) is 19.7. The number of rotatable bonds is 8. The van der Waals surface area contributed by atoms with Gasteiger partial charge in [-0.25, -0.2) is 15.0 Å². The van der Waals surface area contributed by atoms with E-state index in [0.29, 0.717) is 29.6 Å². The van der Waals surface area contributed by atoms with Gasteiger partial charge in [-0.15, -0.1) is 24.0 Å². The van der Waals surface area contributed by atoms with Gasteiger partial charge < -0.3 is 15.4 Å². The molecule has 11 heteroatoms. The molecule has 0 amide bonds. The Labute approximate surface area is 200 Å². The molecule has 166 valence electrons. The van der Waals surface area contributed by atoms with Crippen molar-refractivity contribution in [3.63, 3.8) is 0 Å². The number of nitrogens with one attached hydrogen (secondary N) is 2. The second-order valence-corrected chi connectivity index (χ2v) is 6.61. The number of alkyl halides is 2. The maximum atomic E-state index is 12.6. The van der Waals surface area contributed by atoms with Crippen LogP contribution in [0, 0.1) is 0 Å². The molecule has 0 saturated heterocycles. The average molecular weight is 563 g/mol. The van der Waals surface area contributed by atoms with Crippen LogP contribution in [0.3, 0.4) is 0 Å². The Morgan fingerprint density at radius 2 is 2.10 bits per heavy atom. The van der Waals surface area contributed by atoms with Crippen LogP contribution < -0.4 is 15.4 Å². The maximum absolute atomic E-state index is 12.6. The molecule has 31 heavy (non-hydrogen) atoms. The predicted octanol–water partition coefficient (Wildman–Crippen LogP) is 4.40. The smallest absolute Gasteiger partial charge is 0.387 e. The van der Waals surface area contributed by atoms with E-state index in [-0.39, 0.29) is 36.3 Å². The quantitative estimate of drug-likeness (QED) is 0.242. The van der Waals surface area contributed by atoms with Crippen LogP contribution in [-0.2, 0) is 13.1 Å². The summed E-state index contributed by atoms with van der Waals surface area (Å²) in [5.74, 6) is 1.36. The molecule has 7 nitrogen and oxygen atoms in total. The molecule has 0 fully saturated rings. The second-order valence-electron chi connectivity index (χ2n) is 6.17. The molecule has 0 aliphatic heterocycles. The highest BCUT2D eigenvalue weighted by Gasteiger charge is 2.11. The molecular formula is C20H22ClF2IN6O. The Morgan fingerprint density at radius 1 is 1.26 bits per heavy atom. The van der Waals surface area contributed by atoms with E-state index in [4.69, 9.17) is 11.6 Å². The molecule has 2 aromatic heterocycles. The van der Waals surface area contributed by atoms with E-state index in [2.05, 4.69) is 30.3 Å². The number of guanidine groups is 1. The summed E-state index contributed by atoms with van der Waals surface area (Å²) in [5.41, 5.74) is 1.42. The van der Waals surface area contributed by atoms with Gasteiger partial charge >= 0.3 is 6.61 Å². The van der Waals surface area contributed by atoms with Crippen LogP contribution in [-0.4, -0.2) is 33.7 Å². The first kappa shape index (κ1) is 24.8. The topological polar surface area (TPSA) is 76.4 Å². The van der Waals surface area contributed by atoms with Crippen LogP contribution in [0.25, 0.3) is 5.82 Å². The molecule has 3 aromatic rings. The number of aromatic nitrogens is 3. The molecule has 2 N–H and O–H groups in total. The van der Waals surface area contributed by atoms with Crippen molar-refractivity contribution in [3.05, 3.63) is 71.4 Å². The van der Waals surface area contributed by atoms with Gasteiger partial charge in [0.05, 0.1) is 6.54 Å². The lowest BCUT2D eigenvalue weighted by atomic mass is 10.2. The molecule has 0 aliphatic carbocycles. The fourth-order valence-electron chi connectivity index (χ4n) is 2.65. The van der Waals surface area contributed by atoms with Crippen LogP contribution in [0.4, 0.5) is 8.78 Å². The highest BCUT2D eigenvalue weighted by molar-refractivity contribution is 14.0. The minimum absolute atomic E-state index is 0. The predicted molar refractivity (Wildman–Crippen MR) is 127 cm³/mol. The van der Waals surface area contributed by atoms with Gasteiger partial charge in [0.25, 0.3) is 0 Å². The third kappa shape index (κ3) is 7.62. The molecule has 0 bridgehead atoms. The minimum atomic E-state index is -2.91. The zero-order valence-electron chi connectivity index (χ0n) is 16.6. The van der Waals surface area contributed by atoms with Crippen molar-refractivity contribution < 1.29 is 13.5 Å². The van der Waals surface area contributed by atoms with Gasteiger partial charge in [-0.3, -0.25) is 4.57 Å². The van der Waals surface area contributed by atoms with Crippen molar-refractivity contribution in [1.29, 1.82) is 0 Å². The van der Waals surface area contributed by atoms with Crippen molar-refractivity contribution in [3.8, 4) is 11.6 Å². The van der Waals surface area contributed by atoms with Crippen molar-refractivity contribution in [1.82, 2.24) is 25.2 Å². The van der Waals surface area contributed by atoms with Gasteiger partial charge in [0.1, 0.15) is 17.9 Å². The summed E-state index contributed by atoms with van der Waals surface area (Å²) in [5, 5.41) is 6.65. The summed E-state index contributed by atoms with van der Waals surface area (Å²) < 4.78 is 31.6. The summed E-state index contributed by atoms with van der Waals surface area (Å²) >= 11 is 5.99. The molecule has 0 aliphatic rings. The first-order valence-corrected chi connectivity index (χ1v) is 9.61. The van der Waals surface area contributed by atoms with Crippen molar-refractivity contribution >= 4 is 41.5 Å². The van der Waals surface area contributed by atoms with Gasteiger partial charge in [0, 0.05) is 42.3 Å². The summed E-state index contributed by atoms with van der Waals surface area (Å²) in [6.07, 6.45) is 6.92. The van der Waals surface area contributed by atoms with Gasteiger partial charge in [0.15, 0.2) is 5.96 Å². The molecule has 0 radical (unpaired) electrons. The number of aliphatic imine (C=N–C) groups is 1. The Bertz CT molecular complexity index is 970. The molecule has 0 unspecified atom stereocenters. The Kier molecular flexibility index (Phi) is 9.92. The van der Waals surface area contributed by atoms with E-state index in [9.17, 15) is 8.78 Å². The lowest BCUT2D eigenvalue weighted by molar-refractivity contribution is -0.0504. The number of ether oxygens (including phenoxy) is 1. The first-order chi connectivity index (χ1) is 14.5. The zero-order chi connectivity index (χ0) is 21.3. The molecule has 3 rings (SSSR count). The Hall–Kier alpha value is -2.47. The van der Waals surface area contributed by atoms with E-state index >= 15 is 0 Å². The molecule has 1 aromatic carbocycles. The molecule has 0 atom stereocenters. The Balaban J connectivity index is 0.00000341. The standard InChI is InChI=1S/C20H21ClF2N6O.HI/c1-2-25-20(28-12-15-9-16(21)4-5-17(15)30-19(22)23)27-11-14-3-6-18(26-10-14)29-8-7-24-13-29;/h3-10,13,19H,2,11-12H2,1H3,(H2,25,27,28);1H. The number of hydrogen-bond donors (Lipinski definition) is 2. The number of benzene rings is 1. The van der Waals surface area contributed by atoms with Gasteiger partial charge in [-0.1, -0.05) is 17.7 Å². The highest BCUT2D eigenvalue weighted by atomic mass is 127. The monoisotopic (exact) mass is 562 g/mol. The summed E-state index contributed by atoms with van der Waals surface area (Å²) in [7, 11) is 0. The maximum Gasteiger partial charge on any atom is 0.387 e. The van der Waals surface area contributed by atoms with Gasteiger partial charge in [0.2, 0.25) is 0 Å². The number of pyridine rings is 1. The summed E-state index contributed by atoms with van der Waals surface area (Å²) in [6, 6.07) is 8.31. The normalized spacial score (nSPS) is 11.2. The SMILES string of the molecule is CCNC(=NCc1ccc(-n2ccnc2)nc1)NCc1cc(Cl)ccc1OC(F)F.I. The third-order valence-electron chi connectivity index (χ3n) is 4.03. The summed E-state index contributed by atoms with van der Waals surface area (Å²) in [6.45, 7) is 0.266. The van der Waals surface area contributed by atoms with E-state index < -0.39 is 6.61 Å². The lowest BCUT2D eigenvalue weighted by Gasteiger charge is -2.14.